The van der Waals surface area contributed by atoms with Crippen LogP contribution in [0, 0.1) is 0 Å². The molecule has 1 unspecified atom stereocenters. The van der Waals surface area contributed by atoms with Crippen LogP contribution in [-0.4, -0.2) is 24.9 Å². The number of aliphatic hydroxyl groups is 1. The minimum absolute atomic E-state index is 0.291. The number of hydrogen-bond acceptors (Lipinski definition) is 2. The van der Waals surface area contributed by atoms with Crippen LogP contribution in [-0.2, 0) is 4.74 Å². The molecule has 1 aliphatic rings. The van der Waals surface area contributed by atoms with E-state index in [2.05, 4.69) is 0 Å². The van der Waals surface area contributed by atoms with Gasteiger partial charge in [0, 0.05) is 7.11 Å². The standard InChI is InChI=1S/C8H12O2/c1-10-6-7-2-4-8(9)5-3-7/h2-4,8-9H,5-6H2,1H3. The summed E-state index contributed by atoms with van der Waals surface area (Å²) in [6.07, 6.45) is 6.11. The van der Waals surface area contributed by atoms with Crippen molar-refractivity contribution in [2.75, 3.05) is 13.7 Å². The Morgan fingerprint density at radius 1 is 1.80 bits per heavy atom. The molecular formula is C8H12O2. The van der Waals surface area contributed by atoms with Crippen molar-refractivity contribution < 1.29 is 9.84 Å². The van der Waals surface area contributed by atoms with Crippen molar-refractivity contribution in [3.05, 3.63) is 23.8 Å². The molecule has 0 aromatic heterocycles. The fourth-order valence-corrected chi connectivity index (χ4v) is 0.927. The zero-order chi connectivity index (χ0) is 7.40. The molecule has 0 saturated carbocycles. The van der Waals surface area contributed by atoms with Gasteiger partial charge < -0.3 is 9.84 Å². The van der Waals surface area contributed by atoms with Crippen LogP contribution < -0.4 is 0 Å². The minimum Gasteiger partial charge on any atom is -0.389 e. The van der Waals surface area contributed by atoms with Gasteiger partial charge in [0.2, 0.25) is 0 Å². The summed E-state index contributed by atoms with van der Waals surface area (Å²) in [7, 11) is 1.67. The van der Waals surface area contributed by atoms with E-state index in [9.17, 15) is 0 Å². The molecule has 0 amide bonds. The first-order chi connectivity index (χ1) is 4.83. The zero-order valence-electron chi connectivity index (χ0n) is 6.08. The summed E-state index contributed by atoms with van der Waals surface area (Å²) in [5.41, 5.74) is 1.15. The van der Waals surface area contributed by atoms with Gasteiger partial charge in [-0.05, 0) is 12.0 Å². The van der Waals surface area contributed by atoms with E-state index >= 15 is 0 Å². The van der Waals surface area contributed by atoms with Crippen LogP contribution >= 0.6 is 0 Å². The number of methoxy groups -OCH3 is 1. The molecule has 0 aromatic rings. The Labute approximate surface area is 60.8 Å². The van der Waals surface area contributed by atoms with Gasteiger partial charge in [0.25, 0.3) is 0 Å². The maximum absolute atomic E-state index is 9.02. The van der Waals surface area contributed by atoms with Crippen molar-refractivity contribution >= 4 is 0 Å². The van der Waals surface area contributed by atoms with E-state index in [4.69, 9.17) is 9.84 Å². The van der Waals surface area contributed by atoms with Crippen molar-refractivity contribution in [3.8, 4) is 0 Å². The Morgan fingerprint density at radius 2 is 2.60 bits per heavy atom. The van der Waals surface area contributed by atoms with Gasteiger partial charge >= 0.3 is 0 Å². The van der Waals surface area contributed by atoms with Crippen LogP contribution in [0.4, 0.5) is 0 Å². The summed E-state index contributed by atoms with van der Waals surface area (Å²) in [6, 6.07) is 0. The lowest BCUT2D eigenvalue weighted by Crippen LogP contribution is -2.06. The molecule has 0 fully saturated rings. The molecule has 0 spiro atoms. The van der Waals surface area contributed by atoms with Gasteiger partial charge in [0.15, 0.2) is 0 Å². The van der Waals surface area contributed by atoms with E-state index in [0.717, 1.165) is 12.0 Å². The Balaban J connectivity index is 2.42. The smallest absolute Gasteiger partial charge is 0.0758 e. The lowest BCUT2D eigenvalue weighted by atomic mass is 10.1. The Morgan fingerprint density at radius 3 is 3.10 bits per heavy atom. The molecule has 10 heavy (non-hydrogen) atoms. The van der Waals surface area contributed by atoms with E-state index < -0.39 is 0 Å². The SMILES string of the molecule is COCC1=CCC(O)C=C1. The van der Waals surface area contributed by atoms with Crippen molar-refractivity contribution in [1.82, 2.24) is 0 Å². The van der Waals surface area contributed by atoms with Crippen LogP contribution in [0.2, 0.25) is 0 Å². The van der Waals surface area contributed by atoms with Crippen LogP contribution in [0.5, 0.6) is 0 Å². The Hall–Kier alpha value is -0.600. The third-order valence-electron chi connectivity index (χ3n) is 1.46. The van der Waals surface area contributed by atoms with Gasteiger partial charge in [0.1, 0.15) is 0 Å². The molecule has 0 aliphatic heterocycles. The molecule has 0 saturated heterocycles. The lowest BCUT2D eigenvalue weighted by molar-refractivity contribution is 0.215. The lowest BCUT2D eigenvalue weighted by Gasteiger charge is -2.09. The number of rotatable bonds is 2. The van der Waals surface area contributed by atoms with E-state index in [1.807, 2.05) is 12.2 Å². The molecular weight excluding hydrogens is 128 g/mol. The predicted molar refractivity (Wildman–Crippen MR) is 39.7 cm³/mol. The summed E-state index contributed by atoms with van der Waals surface area (Å²) in [5, 5.41) is 9.02. The highest BCUT2D eigenvalue weighted by Crippen LogP contribution is 2.09. The van der Waals surface area contributed by atoms with Crippen molar-refractivity contribution in [2.45, 2.75) is 12.5 Å². The normalized spacial score (nSPS) is 24.6. The molecule has 2 heteroatoms. The number of ether oxygens (including phenoxy) is 1. The summed E-state index contributed by atoms with van der Waals surface area (Å²) in [6.45, 7) is 0.642. The van der Waals surface area contributed by atoms with Gasteiger partial charge in [-0.2, -0.15) is 0 Å². The first-order valence-corrected chi connectivity index (χ1v) is 3.37. The fraction of sp³-hybridized carbons (Fsp3) is 0.500. The molecule has 0 bridgehead atoms. The molecule has 1 atom stereocenters. The van der Waals surface area contributed by atoms with Gasteiger partial charge in [-0.25, -0.2) is 0 Å². The van der Waals surface area contributed by atoms with Crippen LogP contribution in [0.3, 0.4) is 0 Å². The molecule has 0 heterocycles. The fourth-order valence-electron chi connectivity index (χ4n) is 0.927. The molecule has 0 aromatic carbocycles. The van der Waals surface area contributed by atoms with Gasteiger partial charge in [-0.15, -0.1) is 0 Å². The molecule has 56 valence electrons. The minimum atomic E-state index is -0.291. The van der Waals surface area contributed by atoms with Crippen molar-refractivity contribution in [1.29, 1.82) is 0 Å². The van der Waals surface area contributed by atoms with Gasteiger partial charge in [-0.3, -0.25) is 0 Å². The highest BCUT2D eigenvalue weighted by atomic mass is 16.5. The zero-order valence-corrected chi connectivity index (χ0v) is 6.08. The summed E-state index contributed by atoms with van der Waals surface area (Å²) in [4.78, 5) is 0. The Kier molecular flexibility index (Phi) is 2.66. The first-order valence-electron chi connectivity index (χ1n) is 3.37. The summed E-state index contributed by atoms with van der Waals surface area (Å²) in [5.74, 6) is 0. The van der Waals surface area contributed by atoms with Crippen LogP contribution in [0.1, 0.15) is 6.42 Å². The second kappa shape index (κ2) is 3.54. The maximum atomic E-state index is 9.02. The van der Waals surface area contributed by atoms with E-state index in [0.29, 0.717) is 6.61 Å². The van der Waals surface area contributed by atoms with Crippen molar-refractivity contribution in [2.24, 2.45) is 0 Å². The quantitative estimate of drug-likeness (QED) is 0.617. The summed E-state index contributed by atoms with van der Waals surface area (Å²) < 4.78 is 4.92. The van der Waals surface area contributed by atoms with Crippen LogP contribution in [0.25, 0.3) is 0 Å². The van der Waals surface area contributed by atoms with E-state index in [1.54, 1.807) is 13.2 Å². The second-order valence-electron chi connectivity index (χ2n) is 2.37. The average molecular weight is 140 g/mol. The maximum Gasteiger partial charge on any atom is 0.0758 e. The molecule has 0 radical (unpaired) electrons. The first kappa shape index (κ1) is 7.51. The van der Waals surface area contributed by atoms with Crippen LogP contribution in [0.15, 0.2) is 23.8 Å². The highest BCUT2D eigenvalue weighted by Gasteiger charge is 2.02. The Bertz CT molecular complexity index is 159. The number of aliphatic hydroxyl groups excluding tert-OH is 1. The molecule has 1 aliphatic carbocycles. The van der Waals surface area contributed by atoms with Gasteiger partial charge in [-0.1, -0.05) is 18.2 Å². The highest BCUT2D eigenvalue weighted by molar-refractivity contribution is 5.24. The second-order valence-corrected chi connectivity index (χ2v) is 2.37. The molecule has 2 nitrogen and oxygen atoms in total. The van der Waals surface area contributed by atoms with E-state index in [1.165, 1.54) is 0 Å². The monoisotopic (exact) mass is 140 g/mol. The molecule has 1 N–H and O–H groups in total. The number of hydrogen-bond donors (Lipinski definition) is 1. The third-order valence-corrected chi connectivity index (χ3v) is 1.46. The topological polar surface area (TPSA) is 29.5 Å². The predicted octanol–water partition coefficient (Wildman–Crippen LogP) is 0.880. The van der Waals surface area contributed by atoms with Crippen molar-refractivity contribution in [3.63, 3.8) is 0 Å². The van der Waals surface area contributed by atoms with E-state index in [-0.39, 0.29) is 6.10 Å². The molecule has 1 rings (SSSR count). The average Bonchev–Trinajstić information content (AvgIpc) is 1.95. The third kappa shape index (κ3) is 1.97. The summed E-state index contributed by atoms with van der Waals surface area (Å²) >= 11 is 0. The largest absolute Gasteiger partial charge is 0.389 e. The van der Waals surface area contributed by atoms with Gasteiger partial charge in [0.05, 0.1) is 12.7 Å².